The molecular formula is C23H21N5OS. The fourth-order valence-corrected chi connectivity index (χ4v) is 5.11. The van der Waals surface area contributed by atoms with Crippen molar-refractivity contribution >= 4 is 23.1 Å². The predicted octanol–water partition coefficient (Wildman–Crippen LogP) is 4.79. The molecule has 0 aliphatic carbocycles. The summed E-state index contributed by atoms with van der Waals surface area (Å²) in [6, 6.07) is 14.1. The van der Waals surface area contributed by atoms with E-state index >= 15 is 0 Å². The first-order valence-electron chi connectivity index (χ1n) is 9.86. The Hall–Kier alpha value is -3.32. The van der Waals surface area contributed by atoms with Gasteiger partial charge in [0.05, 0.1) is 5.69 Å². The second kappa shape index (κ2) is 7.18. The highest BCUT2D eigenvalue weighted by Gasteiger charge is 2.36. The van der Waals surface area contributed by atoms with Gasteiger partial charge in [0.1, 0.15) is 5.82 Å². The quantitative estimate of drug-likeness (QED) is 0.522. The van der Waals surface area contributed by atoms with Crippen molar-refractivity contribution < 1.29 is 4.79 Å². The maximum absolute atomic E-state index is 12.7. The molecule has 0 saturated heterocycles. The number of amides is 1. The van der Waals surface area contributed by atoms with E-state index in [1.807, 2.05) is 50.2 Å². The monoisotopic (exact) mass is 415 g/mol. The Morgan fingerprint density at radius 2 is 1.80 bits per heavy atom. The maximum atomic E-state index is 12.7. The molecule has 3 aromatic heterocycles. The lowest BCUT2D eigenvalue weighted by molar-refractivity contribution is -0.116. The van der Waals surface area contributed by atoms with Crippen LogP contribution in [0.15, 0.2) is 47.8 Å². The highest BCUT2D eigenvalue weighted by Crippen LogP contribution is 2.45. The molecule has 1 aromatic carbocycles. The minimum atomic E-state index is -0.0522. The summed E-state index contributed by atoms with van der Waals surface area (Å²) in [5.74, 6) is 1.05. The van der Waals surface area contributed by atoms with Crippen LogP contribution in [0.1, 0.15) is 39.7 Å². The third-order valence-electron chi connectivity index (χ3n) is 5.34. The van der Waals surface area contributed by atoms with Gasteiger partial charge in [-0.05, 0) is 43.8 Å². The number of carbonyl (C=O) groups excluding carboxylic acids is 1. The van der Waals surface area contributed by atoms with E-state index in [1.165, 1.54) is 10.4 Å². The normalized spacial score (nSPS) is 15.7. The van der Waals surface area contributed by atoms with Crippen LogP contribution in [-0.2, 0) is 4.79 Å². The average molecular weight is 416 g/mol. The number of carbonyl (C=O) groups is 1. The maximum Gasteiger partial charge on any atom is 0.252 e. The van der Waals surface area contributed by atoms with E-state index in [0.29, 0.717) is 18.2 Å². The summed E-state index contributed by atoms with van der Waals surface area (Å²) in [4.78, 5) is 23.1. The molecule has 0 fully saturated rings. The lowest BCUT2D eigenvalue weighted by Gasteiger charge is -2.24. The highest BCUT2D eigenvalue weighted by molar-refractivity contribution is 7.10. The number of nitrogens with zero attached hydrogens (tertiary/aromatic N) is 4. The Bertz CT molecular complexity index is 1240. The van der Waals surface area contributed by atoms with Crippen LogP contribution in [-0.4, -0.2) is 25.7 Å². The minimum absolute atomic E-state index is 0.0227. The Kier molecular flexibility index (Phi) is 4.47. The smallest absolute Gasteiger partial charge is 0.252 e. The second-order valence-corrected chi connectivity index (χ2v) is 8.56. The molecule has 0 spiro atoms. The van der Waals surface area contributed by atoms with Crippen molar-refractivity contribution in [3.8, 4) is 17.2 Å². The van der Waals surface area contributed by atoms with Gasteiger partial charge < -0.3 is 5.32 Å². The lowest BCUT2D eigenvalue weighted by atomic mass is 9.87. The number of hydrogen-bond donors (Lipinski definition) is 1. The summed E-state index contributed by atoms with van der Waals surface area (Å²) in [6.07, 6.45) is 0.396. The van der Waals surface area contributed by atoms with Gasteiger partial charge in [-0.3, -0.25) is 4.79 Å². The van der Waals surface area contributed by atoms with E-state index < -0.39 is 0 Å². The summed E-state index contributed by atoms with van der Waals surface area (Å²) < 4.78 is 1.69. The van der Waals surface area contributed by atoms with Gasteiger partial charge in [-0.25, -0.2) is 9.97 Å². The molecular weight excluding hydrogens is 394 g/mol. The molecule has 4 heterocycles. The fourth-order valence-electron chi connectivity index (χ4n) is 4.07. The van der Waals surface area contributed by atoms with Crippen molar-refractivity contribution in [2.24, 2.45) is 0 Å². The van der Waals surface area contributed by atoms with Crippen molar-refractivity contribution in [2.45, 2.75) is 33.1 Å². The number of hydrogen-bond acceptors (Lipinski definition) is 5. The topological polar surface area (TPSA) is 72.7 Å². The number of benzene rings is 1. The van der Waals surface area contributed by atoms with Crippen LogP contribution in [0.5, 0.6) is 0 Å². The van der Waals surface area contributed by atoms with Gasteiger partial charge in [-0.2, -0.15) is 9.78 Å². The van der Waals surface area contributed by atoms with Crippen molar-refractivity contribution in [1.82, 2.24) is 19.7 Å². The number of nitrogens with one attached hydrogen (secondary N) is 1. The largest absolute Gasteiger partial charge is 0.310 e. The molecule has 150 valence electrons. The molecule has 5 rings (SSSR count). The van der Waals surface area contributed by atoms with E-state index in [2.05, 4.69) is 33.7 Å². The lowest BCUT2D eigenvalue weighted by Crippen LogP contribution is -2.25. The van der Waals surface area contributed by atoms with Gasteiger partial charge in [0, 0.05) is 39.7 Å². The van der Waals surface area contributed by atoms with Crippen LogP contribution >= 0.6 is 11.3 Å². The van der Waals surface area contributed by atoms with Crippen LogP contribution < -0.4 is 5.32 Å². The molecule has 6 nitrogen and oxygen atoms in total. The van der Waals surface area contributed by atoms with E-state index in [1.54, 1.807) is 16.0 Å². The van der Waals surface area contributed by atoms with Gasteiger partial charge in [-0.1, -0.05) is 30.3 Å². The number of anilines is 1. The molecule has 0 saturated carbocycles. The van der Waals surface area contributed by atoms with Crippen molar-refractivity contribution in [3.63, 3.8) is 0 Å². The van der Waals surface area contributed by atoms with Crippen LogP contribution in [0, 0.1) is 20.8 Å². The van der Waals surface area contributed by atoms with Crippen molar-refractivity contribution in [1.29, 1.82) is 0 Å². The molecule has 0 radical (unpaired) electrons. The zero-order valence-corrected chi connectivity index (χ0v) is 17.8. The van der Waals surface area contributed by atoms with Gasteiger partial charge in [0.2, 0.25) is 5.91 Å². The van der Waals surface area contributed by atoms with Gasteiger partial charge in [0.15, 0.2) is 0 Å². The van der Waals surface area contributed by atoms with E-state index in [0.717, 1.165) is 28.2 Å². The first-order valence-corrected chi connectivity index (χ1v) is 10.7. The number of rotatable bonds is 3. The molecule has 7 heteroatoms. The Labute approximate surface area is 178 Å². The summed E-state index contributed by atoms with van der Waals surface area (Å²) in [7, 11) is 0. The molecule has 30 heavy (non-hydrogen) atoms. The number of aromatic nitrogens is 4. The van der Waals surface area contributed by atoms with Crippen LogP contribution in [0.2, 0.25) is 0 Å². The van der Waals surface area contributed by atoms with E-state index in [4.69, 9.17) is 5.10 Å². The number of thiophene rings is 1. The first kappa shape index (κ1) is 18.7. The Morgan fingerprint density at radius 1 is 1.07 bits per heavy atom. The van der Waals surface area contributed by atoms with Crippen molar-refractivity contribution in [3.05, 3.63) is 75.2 Å². The molecule has 0 bridgehead atoms. The zero-order valence-electron chi connectivity index (χ0n) is 17.0. The Balaban J connectivity index is 1.80. The fraction of sp³-hybridized carbons (Fsp3) is 0.217. The summed E-state index contributed by atoms with van der Waals surface area (Å²) >= 11 is 1.69. The second-order valence-electron chi connectivity index (χ2n) is 7.61. The Morgan fingerprint density at radius 3 is 2.47 bits per heavy atom. The first-order chi connectivity index (χ1) is 14.5. The van der Waals surface area contributed by atoms with Gasteiger partial charge in [-0.15, -0.1) is 11.3 Å². The third-order valence-corrected chi connectivity index (χ3v) is 6.48. The van der Waals surface area contributed by atoms with Crippen LogP contribution in [0.4, 0.5) is 5.82 Å². The molecule has 1 aliphatic rings. The average Bonchev–Trinajstić information content (AvgIpc) is 3.31. The summed E-state index contributed by atoms with van der Waals surface area (Å²) in [6.45, 7) is 5.96. The van der Waals surface area contributed by atoms with Gasteiger partial charge in [0.25, 0.3) is 5.95 Å². The van der Waals surface area contributed by atoms with E-state index in [9.17, 15) is 4.79 Å². The molecule has 4 aromatic rings. The standard InChI is InChI=1S/C23H21N5OS/c1-13-9-10-30-21(13)17-12-18(29)26-22-19(17)20(16-7-5-4-6-8-16)27-28(22)23-24-14(2)11-15(3)25-23/h4-11,17H,12H2,1-3H3,(H,26,29). The molecule has 1 amide bonds. The number of fused-ring (bicyclic) bond motifs is 1. The highest BCUT2D eigenvalue weighted by atomic mass is 32.1. The van der Waals surface area contributed by atoms with Crippen LogP contribution in [0.25, 0.3) is 17.2 Å². The molecule has 1 aliphatic heterocycles. The molecule has 1 unspecified atom stereocenters. The zero-order chi connectivity index (χ0) is 20.8. The summed E-state index contributed by atoms with van der Waals surface area (Å²) in [5, 5.41) is 10.1. The molecule has 1 atom stereocenters. The minimum Gasteiger partial charge on any atom is -0.310 e. The number of aryl methyl sites for hydroxylation is 3. The predicted molar refractivity (Wildman–Crippen MR) is 118 cm³/mol. The van der Waals surface area contributed by atoms with Crippen molar-refractivity contribution in [2.75, 3.05) is 5.32 Å². The van der Waals surface area contributed by atoms with Crippen LogP contribution in [0.3, 0.4) is 0 Å². The van der Waals surface area contributed by atoms with Gasteiger partial charge >= 0.3 is 0 Å². The summed E-state index contributed by atoms with van der Waals surface area (Å²) in [5.41, 5.74) is 5.79. The third kappa shape index (κ3) is 3.11. The molecule has 1 N–H and O–H groups in total. The SMILES string of the molecule is Cc1cc(C)nc(-n2nc(-c3ccccc3)c3c2NC(=O)CC3c2sccc2C)n1. The van der Waals surface area contributed by atoms with E-state index in [-0.39, 0.29) is 11.8 Å².